The number of hydrogen-bond acceptors (Lipinski definition) is 6. The fourth-order valence-electron chi connectivity index (χ4n) is 5.12. The van der Waals surface area contributed by atoms with Gasteiger partial charge in [0.2, 0.25) is 5.75 Å². The van der Waals surface area contributed by atoms with E-state index < -0.39 is 0 Å². The molecule has 5 rings (SSSR count). The molecule has 10 heteroatoms. The van der Waals surface area contributed by atoms with Crippen molar-refractivity contribution in [2.75, 3.05) is 57.1 Å². The third-order valence-electron chi connectivity index (χ3n) is 6.71. The number of aromatic nitrogens is 1. The van der Waals surface area contributed by atoms with Crippen LogP contribution in [0.3, 0.4) is 0 Å². The van der Waals surface area contributed by atoms with Crippen molar-refractivity contribution in [3.63, 3.8) is 0 Å². The van der Waals surface area contributed by atoms with Gasteiger partial charge >= 0.3 is 0 Å². The van der Waals surface area contributed by atoms with Crippen molar-refractivity contribution < 1.29 is 19.0 Å². The number of alkyl halides is 1. The van der Waals surface area contributed by atoms with E-state index in [4.69, 9.17) is 31.5 Å². The molecule has 1 unspecified atom stereocenters. The summed E-state index contributed by atoms with van der Waals surface area (Å²) in [7, 11) is 4.67. The summed E-state index contributed by atoms with van der Waals surface area (Å²) >= 11 is 6.42. The van der Waals surface area contributed by atoms with Crippen LogP contribution in [0, 0.1) is 0 Å². The molecule has 37 heavy (non-hydrogen) atoms. The van der Waals surface area contributed by atoms with Gasteiger partial charge in [0, 0.05) is 47.9 Å². The molecule has 8 nitrogen and oxygen atoms in total. The lowest BCUT2D eigenvalue weighted by molar-refractivity contribution is 0.0984. The topological polar surface area (TPSA) is 102 Å². The number of carbonyl (C=O) groups excluding carboxylic acids is 1. The minimum absolute atomic E-state index is 0. The summed E-state index contributed by atoms with van der Waals surface area (Å²) in [6.07, 6.45) is 0. The number of fused-ring (bicyclic) bond motifs is 4. The van der Waals surface area contributed by atoms with E-state index in [-0.39, 0.29) is 24.2 Å². The number of aromatic amines is 1. The number of amides is 1. The Hall–Kier alpha value is -3.33. The van der Waals surface area contributed by atoms with Crippen molar-refractivity contribution in [3.05, 3.63) is 53.7 Å². The van der Waals surface area contributed by atoms with Crippen LogP contribution in [0.5, 0.6) is 17.2 Å². The van der Waals surface area contributed by atoms with E-state index in [1.165, 1.54) is 0 Å². The molecule has 0 saturated heterocycles. The molecule has 4 N–H and O–H groups in total. The fourth-order valence-corrected chi connectivity index (χ4v) is 5.37. The predicted molar refractivity (Wildman–Crippen MR) is 152 cm³/mol. The molecule has 1 atom stereocenters. The van der Waals surface area contributed by atoms with Crippen LogP contribution in [0.2, 0.25) is 0 Å². The molecule has 0 fully saturated rings. The average molecular weight is 545 g/mol. The molecule has 196 valence electrons. The molecule has 0 aliphatic carbocycles. The van der Waals surface area contributed by atoms with E-state index in [1.807, 2.05) is 30.3 Å². The van der Waals surface area contributed by atoms with Gasteiger partial charge < -0.3 is 35.1 Å². The average Bonchev–Trinajstić information content (AvgIpc) is 3.51. The normalized spacial score (nSPS) is 14.4. The molecule has 3 aromatic carbocycles. The summed E-state index contributed by atoms with van der Waals surface area (Å²) in [5, 5.41) is 6.37. The maximum atomic E-state index is 13.9. The summed E-state index contributed by atoms with van der Waals surface area (Å²) in [4.78, 5) is 19.0. The summed E-state index contributed by atoms with van der Waals surface area (Å²) in [6, 6.07) is 13.9. The number of hydrogen-bond donors (Lipinski definition) is 3. The van der Waals surface area contributed by atoms with E-state index in [9.17, 15) is 4.79 Å². The first-order chi connectivity index (χ1) is 17.6. The Balaban J connectivity index is 0.00000320. The number of nitrogens with two attached hydrogens (primary N) is 1. The van der Waals surface area contributed by atoms with Crippen molar-refractivity contribution in [1.29, 1.82) is 0 Å². The highest BCUT2D eigenvalue weighted by atomic mass is 35.5. The maximum Gasteiger partial charge on any atom is 0.274 e. The molecule has 0 spiro atoms. The molecule has 2 heterocycles. The Morgan fingerprint density at radius 2 is 1.84 bits per heavy atom. The second-order valence-electron chi connectivity index (χ2n) is 8.68. The van der Waals surface area contributed by atoms with Gasteiger partial charge in [-0.05, 0) is 29.1 Å². The summed E-state index contributed by atoms with van der Waals surface area (Å²) in [5.41, 5.74) is 9.73. The molecule has 0 bridgehead atoms. The lowest BCUT2D eigenvalue weighted by Gasteiger charge is -2.19. The molecule has 1 amide bonds. The Morgan fingerprint density at radius 3 is 2.49 bits per heavy atom. The molecular formula is C27H30Cl2N4O4. The molecule has 1 aromatic heterocycles. The lowest BCUT2D eigenvalue weighted by atomic mass is 9.95. The number of ether oxygens (including phenoxy) is 3. The molecule has 0 saturated carbocycles. The second-order valence-corrected chi connectivity index (χ2v) is 8.99. The largest absolute Gasteiger partial charge is 0.493 e. The smallest absolute Gasteiger partial charge is 0.274 e. The van der Waals surface area contributed by atoms with E-state index in [1.54, 1.807) is 26.2 Å². The van der Waals surface area contributed by atoms with Gasteiger partial charge in [-0.1, -0.05) is 24.3 Å². The van der Waals surface area contributed by atoms with Gasteiger partial charge in [0.1, 0.15) is 5.69 Å². The van der Waals surface area contributed by atoms with Crippen LogP contribution in [-0.4, -0.2) is 57.7 Å². The van der Waals surface area contributed by atoms with Crippen LogP contribution in [-0.2, 0) is 0 Å². The number of methoxy groups -OCH3 is 3. The minimum Gasteiger partial charge on any atom is -0.493 e. The van der Waals surface area contributed by atoms with Gasteiger partial charge in [-0.25, -0.2) is 0 Å². The van der Waals surface area contributed by atoms with Crippen molar-refractivity contribution in [1.82, 2.24) is 4.98 Å². The Labute approximate surface area is 226 Å². The van der Waals surface area contributed by atoms with Crippen molar-refractivity contribution in [3.8, 4) is 17.2 Å². The first-order valence-corrected chi connectivity index (χ1v) is 12.3. The van der Waals surface area contributed by atoms with E-state index in [2.05, 4.69) is 22.4 Å². The van der Waals surface area contributed by atoms with Crippen LogP contribution in [0.15, 0.2) is 42.5 Å². The third-order valence-corrected chi connectivity index (χ3v) is 7.08. The zero-order valence-corrected chi connectivity index (χ0v) is 22.5. The number of halogens is 2. The van der Waals surface area contributed by atoms with Crippen LogP contribution in [0.4, 0.5) is 11.4 Å². The molecule has 4 aromatic rings. The van der Waals surface area contributed by atoms with Gasteiger partial charge in [0.25, 0.3) is 5.91 Å². The van der Waals surface area contributed by atoms with E-state index in [0.717, 1.165) is 33.1 Å². The van der Waals surface area contributed by atoms with E-state index >= 15 is 0 Å². The number of carbonyl (C=O) groups is 1. The highest BCUT2D eigenvalue weighted by Crippen LogP contribution is 2.46. The van der Waals surface area contributed by atoms with Crippen molar-refractivity contribution in [2.45, 2.75) is 5.92 Å². The number of benzene rings is 3. The van der Waals surface area contributed by atoms with Gasteiger partial charge in [0.05, 0.1) is 32.5 Å². The highest BCUT2D eigenvalue weighted by Gasteiger charge is 2.35. The number of anilines is 2. The van der Waals surface area contributed by atoms with Gasteiger partial charge in [-0.2, -0.15) is 0 Å². The van der Waals surface area contributed by atoms with Gasteiger partial charge in [0.15, 0.2) is 11.5 Å². The SMILES string of the molecule is COc1cc2cc(C(=O)N3CC(CCl)c4c3cc(NCCN)c3ccccc43)[nH]c2c(OC)c1OC.Cl. The second kappa shape index (κ2) is 11.0. The number of nitrogens with one attached hydrogen (secondary N) is 2. The Bertz CT molecular complexity index is 1460. The maximum absolute atomic E-state index is 13.9. The zero-order valence-electron chi connectivity index (χ0n) is 20.9. The fraction of sp³-hybridized carbons (Fsp3) is 0.296. The zero-order chi connectivity index (χ0) is 25.4. The third kappa shape index (κ3) is 4.39. The Morgan fingerprint density at radius 1 is 1.11 bits per heavy atom. The molecular weight excluding hydrogens is 515 g/mol. The summed E-state index contributed by atoms with van der Waals surface area (Å²) in [5.74, 6) is 1.73. The van der Waals surface area contributed by atoms with Crippen LogP contribution < -0.4 is 30.2 Å². The summed E-state index contributed by atoms with van der Waals surface area (Å²) in [6.45, 7) is 1.62. The Kier molecular flexibility index (Phi) is 7.92. The van der Waals surface area contributed by atoms with Crippen LogP contribution in [0.25, 0.3) is 21.7 Å². The van der Waals surface area contributed by atoms with Gasteiger partial charge in [-0.3, -0.25) is 4.79 Å². The number of nitrogens with zero attached hydrogens (tertiary/aromatic N) is 1. The minimum atomic E-state index is -0.153. The standard InChI is InChI=1S/C27H29ClN4O4.ClH/c1-34-22-11-15-10-20(31-24(15)26(36-3)25(22)35-2)27(33)32-14-16(13-28)23-18-7-5-4-6-17(18)19(12-21(23)32)30-9-8-29;/h4-7,10-12,16,30-31H,8-9,13-14,29H2,1-3H3;1H. The summed E-state index contributed by atoms with van der Waals surface area (Å²) < 4.78 is 16.6. The van der Waals surface area contributed by atoms with E-state index in [0.29, 0.717) is 54.0 Å². The predicted octanol–water partition coefficient (Wildman–Crippen LogP) is 5.12. The van der Waals surface area contributed by atoms with Crippen molar-refractivity contribution in [2.24, 2.45) is 5.73 Å². The monoisotopic (exact) mass is 544 g/mol. The first-order valence-electron chi connectivity index (χ1n) is 11.7. The molecule has 1 aliphatic heterocycles. The number of rotatable bonds is 8. The van der Waals surface area contributed by atoms with Gasteiger partial charge in [-0.15, -0.1) is 24.0 Å². The lowest BCUT2D eigenvalue weighted by Crippen LogP contribution is -2.30. The highest BCUT2D eigenvalue weighted by molar-refractivity contribution is 6.19. The van der Waals surface area contributed by atoms with Crippen molar-refractivity contribution >= 4 is 63.0 Å². The number of H-pyrrole nitrogens is 1. The molecule has 0 radical (unpaired) electrons. The molecule has 1 aliphatic rings. The quantitative estimate of drug-likeness (QED) is 0.266. The first kappa shape index (κ1) is 26.7. The van der Waals surface area contributed by atoms with Crippen LogP contribution in [0.1, 0.15) is 22.0 Å². The van der Waals surface area contributed by atoms with Crippen LogP contribution >= 0.6 is 24.0 Å².